The number of hydrogen-bond donors (Lipinski definition) is 1. The van der Waals surface area contributed by atoms with Crippen LogP contribution < -0.4 is 5.32 Å². The standard InChI is InChI=1S/C22H25N3O3/c1-16(24-12-14-28-15-13-24)25-20(17-8-4-2-5-9-17)19(22(25)27)23-21(26)18-10-6-3-7-11-18/h2-11,16,19-20H,12-15H2,1H3,(H,23,26). The largest absolute Gasteiger partial charge is 0.379 e. The summed E-state index contributed by atoms with van der Waals surface area (Å²) in [5.41, 5.74) is 1.59. The fourth-order valence-electron chi connectivity index (χ4n) is 4.01. The lowest BCUT2D eigenvalue weighted by atomic mass is 9.87. The van der Waals surface area contributed by atoms with E-state index in [0.29, 0.717) is 18.8 Å². The minimum absolute atomic E-state index is 0.0443. The Hall–Kier alpha value is -2.70. The number of carbonyl (C=O) groups is 2. The molecule has 6 heteroatoms. The average Bonchev–Trinajstić information content (AvgIpc) is 2.76. The maximum atomic E-state index is 13.0. The van der Waals surface area contributed by atoms with Gasteiger partial charge in [-0.15, -0.1) is 0 Å². The Morgan fingerprint density at radius 2 is 1.64 bits per heavy atom. The Labute approximate surface area is 165 Å². The predicted octanol–water partition coefficient (Wildman–Crippen LogP) is 2.05. The van der Waals surface area contributed by atoms with Crippen LogP contribution in [0.1, 0.15) is 28.9 Å². The van der Waals surface area contributed by atoms with Crippen molar-refractivity contribution >= 4 is 11.8 Å². The van der Waals surface area contributed by atoms with Crippen LogP contribution in [0.2, 0.25) is 0 Å². The highest BCUT2D eigenvalue weighted by Crippen LogP contribution is 2.37. The first-order chi connectivity index (χ1) is 13.7. The molecule has 0 saturated carbocycles. The molecule has 0 aromatic heterocycles. The zero-order valence-electron chi connectivity index (χ0n) is 16.0. The van der Waals surface area contributed by atoms with Gasteiger partial charge in [-0.05, 0) is 24.6 Å². The number of β-lactam (4-membered cyclic amide) rings is 1. The second kappa shape index (κ2) is 8.12. The van der Waals surface area contributed by atoms with Gasteiger partial charge in [-0.25, -0.2) is 0 Å². The third-order valence-electron chi connectivity index (χ3n) is 5.58. The number of ether oxygens (including phenoxy) is 1. The second-order valence-corrected chi connectivity index (χ2v) is 7.20. The first kappa shape index (κ1) is 18.7. The van der Waals surface area contributed by atoms with Crippen molar-refractivity contribution in [3.63, 3.8) is 0 Å². The third-order valence-corrected chi connectivity index (χ3v) is 5.58. The molecule has 0 aliphatic carbocycles. The maximum Gasteiger partial charge on any atom is 0.251 e. The molecule has 146 valence electrons. The SMILES string of the molecule is CC(N1CCOCC1)N1C(=O)C(NC(=O)c2ccccc2)C1c1ccccc1. The number of likely N-dealkylation sites (tertiary alicyclic amines) is 1. The molecule has 1 N–H and O–H groups in total. The molecule has 2 aliphatic rings. The predicted molar refractivity (Wildman–Crippen MR) is 106 cm³/mol. The van der Waals surface area contributed by atoms with Crippen LogP contribution in [-0.4, -0.2) is 60.1 Å². The normalized spacial score (nSPS) is 23.8. The summed E-state index contributed by atoms with van der Waals surface area (Å²) in [6.07, 6.45) is -0.0496. The smallest absolute Gasteiger partial charge is 0.251 e. The van der Waals surface area contributed by atoms with Crippen LogP contribution in [0.5, 0.6) is 0 Å². The molecule has 28 heavy (non-hydrogen) atoms. The molecule has 2 aromatic carbocycles. The summed E-state index contributed by atoms with van der Waals surface area (Å²) >= 11 is 0. The van der Waals surface area contributed by atoms with Crippen molar-refractivity contribution in [3.8, 4) is 0 Å². The molecule has 6 nitrogen and oxygen atoms in total. The molecule has 2 aliphatic heterocycles. The topological polar surface area (TPSA) is 61.9 Å². The van der Waals surface area contributed by atoms with Gasteiger partial charge in [-0.3, -0.25) is 14.5 Å². The van der Waals surface area contributed by atoms with E-state index in [1.165, 1.54) is 0 Å². The minimum Gasteiger partial charge on any atom is -0.379 e. The molecule has 2 aromatic rings. The number of nitrogens with zero attached hydrogens (tertiary/aromatic N) is 2. The van der Waals surface area contributed by atoms with E-state index in [1.54, 1.807) is 12.1 Å². The van der Waals surface area contributed by atoms with Crippen LogP contribution in [0.3, 0.4) is 0 Å². The molecule has 2 heterocycles. The summed E-state index contributed by atoms with van der Waals surface area (Å²) in [6.45, 7) is 5.00. The van der Waals surface area contributed by atoms with E-state index in [1.807, 2.05) is 60.4 Å². The molecule has 4 rings (SSSR count). The zero-order chi connectivity index (χ0) is 19.5. The highest BCUT2D eigenvalue weighted by atomic mass is 16.5. The molecular formula is C22H25N3O3. The van der Waals surface area contributed by atoms with Crippen molar-refractivity contribution in [2.45, 2.75) is 25.2 Å². The number of nitrogens with one attached hydrogen (secondary N) is 1. The molecule has 0 spiro atoms. The van der Waals surface area contributed by atoms with Crippen LogP contribution in [0.15, 0.2) is 60.7 Å². The van der Waals surface area contributed by atoms with Gasteiger partial charge in [0.2, 0.25) is 5.91 Å². The minimum atomic E-state index is -0.557. The van der Waals surface area contributed by atoms with E-state index in [0.717, 1.165) is 18.7 Å². The Kier molecular flexibility index (Phi) is 5.41. The van der Waals surface area contributed by atoms with Crippen LogP contribution >= 0.6 is 0 Å². The molecular weight excluding hydrogens is 354 g/mol. The van der Waals surface area contributed by atoms with Crippen LogP contribution in [-0.2, 0) is 9.53 Å². The van der Waals surface area contributed by atoms with Crippen molar-refractivity contribution < 1.29 is 14.3 Å². The van der Waals surface area contributed by atoms with Gasteiger partial charge in [-0.2, -0.15) is 0 Å². The summed E-state index contributed by atoms with van der Waals surface area (Å²) in [5.74, 6) is -0.268. The van der Waals surface area contributed by atoms with Crippen molar-refractivity contribution in [3.05, 3.63) is 71.8 Å². The van der Waals surface area contributed by atoms with Crippen LogP contribution in [0.4, 0.5) is 0 Å². The van der Waals surface area contributed by atoms with Crippen molar-refractivity contribution in [2.75, 3.05) is 26.3 Å². The number of amides is 2. The fraction of sp³-hybridized carbons (Fsp3) is 0.364. The molecule has 0 bridgehead atoms. The van der Waals surface area contributed by atoms with Gasteiger partial charge in [0, 0.05) is 18.7 Å². The number of hydrogen-bond acceptors (Lipinski definition) is 4. The van der Waals surface area contributed by atoms with Crippen molar-refractivity contribution in [1.82, 2.24) is 15.1 Å². The Balaban J connectivity index is 1.56. The second-order valence-electron chi connectivity index (χ2n) is 7.20. The van der Waals surface area contributed by atoms with Gasteiger partial charge in [-0.1, -0.05) is 48.5 Å². The Morgan fingerprint density at radius 3 is 2.29 bits per heavy atom. The molecule has 0 radical (unpaired) electrons. The zero-order valence-corrected chi connectivity index (χ0v) is 16.0. The average molecular weight is 379 g/mol. The molecule has 2 amide bonds. The van der Waals surface area contributed by atoms with Crippen LogP contribution in [0, 0.1) is 0 Å². The van der Waals surface area contributed by atoms with E-state index < -0.39 is 6.04 Å². The third kappa shape index (κ3) is 3.53. The number of carbonyl (C=O) groups excluding carboxylic acids is 2. The molecule has 2 fully saturated rings. The van der Waals surface area contributed by atoms with E-state index in [9.17, 15) is 9.59 Å². The first-order valence-corrected chi connectivity index (χ1v) is 9.71. The van der Waals surface area contributed by atoms with Crippen molar-refractivity contribution in [1.29, 1.82) is 0 Å². The molecule has 3 unspecified atom stereocenters. The molecule has 2 saturated heterocycles. The number of benzene rings is 2. The lowest BCUT2D eigenvalue weighted by molar-refractivity contribution is -0.165. The highest BCUT2D eigenvalue weighted by Gasteiger charge is 2.51. The molecule has 3 atom stereocenters. The van der Waals surface area contributed by atoms with Gasteiger partial charge < -0.3 is 15.0 Å². The van der Waals surface area contributed by atoms with Gasteiger partial charge in [0.05, 0.1) is 25.4 Å². The summed E-state index contributed by atoms with van der Waals surface area (Å²) in [6, 6.07) is 18.2. The van der Waals surface area contributed by atoms with Gasteiger partial charge in [0.25, 0.3) is 5.91 Å². The van der Waals surface area contributed by atoms with Gasteiger partial charge in [0.1, 0.15) is 6.04 Å². The van der Waals surface area contributed by atoms with Gasteiger partial charge in [0.15, 0.2) is 0 Å². The summed E-state index contributed by atoms with van der Waals surface area (Å²) in [5, 5.41) is 2.95. The Bertz CT molecular complexity index is 821. The number of rotatable bonds is 5. The van der Waals surface area contributed by atoms with Crippen LogP contribution in [0.25, 0.3) is 0 Å². The monoisotopic (exact) mass is 379 g/mol. The summed E-state index contributed by atoms with van der Waals surface area (Å²) in [4.78, 5) is 29.8. The Morgan fingerprint density at radius 1 is 1.04 bits per heavy atom. The summed E-state index contributed by atoms with van der Waals surface area (Å²) < 4.78 is 5.44. The van der Waals surface area contributed by atoms with E-state index >= 15 is 0 Å². The van der Waals surface area contributed by atoms with E-state index in [-0.39, 0.29) is 24.0 Å². The van der Waals surface area contributed by atoms with E-state index in [4.69, 9.17) is 4.74 Å². The first-order valence-electron chi connectivity index (χ1n) is 9.71. The summed E-state index contributed by atoms with van der Waals surface area (Å²) in [7, 11) is 0. The lowest BCUT2D eigenvalue weighted by Crippen LogP contribution is -2.70. The quantitative estimate of drug-likeness (QED) is 0.808. The maximum absolute atomic E-state index is 13.0. The fourth-order valence-corrected chi connectivity index (χ4v) is 4.01. The number of morpholine rings is 1. The van der Waals surface area contributed by atoms with Gasteiger partial charge >= 0.3 is 0 Å². The highest BCUT2D eigenvalue weighted by molar-refractivity contribution is 6.00. The van der Waals surface area contributed by atoms with Crippen molar-refractivity contribution in [2.24, 2.45) is 0 Å². The van der Waals surface area contributed by atoms with E-state index in [2.05, 4.69) is 10.2 Å². The lowest BCUT2D eigenvalue weighted by Gasteiger charge is -2.53.